The number of rotatable bonds is 1. The van der Waals surface area contributed by atoms with Gasteiger partial charge in [-0.3, -0.25) is 0 Å². The first-order valence-corrected chi connectivity index (χ1v) is 7.89. The van der Waals surface area contributed by atoms with Crippen molar-refractivity contribution < 1.29 is 0 Å². The lowest BCUT2D eigenvalue weighted by Crippen LogP contribution is -2.00. The largest absolute Gasteiger partial charge is 0.0795 e. The van der Waals surface area contributed by atoms with Gasteiger partial charge in [0.2, 0.25) is 0 Å². The van der Waals surface area contributed by atoms with Gasteiger partial charge < -0.3 is 0 Å². The molecule has 3 aromatic carbocycles. The summed E-state index contributed by atoms with van der Waals surface area (Å²) in [4.78, 5) is 0. The SMILES string of the molecule is C1=Cc2cc(C3c4ccccc4-c4ccccc43)ccc2C1. The molecule has 0 atom stereocenters. The van der Waals surface area contributed by atoms with Crippen LogP contribution in [0.2, 0.25) is 0 Å². The van der Waals surface area contributed by atoms with Gasteiger partial charge >= 0.3 is 0 Å². The van der Waals surface area contributed by atoms with Crippen LogP contribution in [-0.4, -0.2) is 0 Å². The standard InChI is InChI=1S/C22H16/c1-3-10-20-18(8-1)19-9-2-4-11-21(19)22(20)17-13-12-15-6-5-7-16(15)14-17/h1-5,7-14,22H,6H2. The molecule has 104 valence electrons. The maximum Gasteiger partial charge on any atom is 0.0352 e. The smallest absolute Gasteiger partial charge is 0.0352 e. The minimum absolute atomic E-state index is 0.367. The van der Waals surface area contributed by atoms with E-state index < -0.39 is 0 Å². The summed E-state index contributed by atoms with van der Waals surface area (Å²) in [6, 6.07) is 24.7. The van der Waals surface area contributed by atoms with Crippen LogP contribution in [0.15, 0.2) is 72.8 Å². The molecule has 2 aliphatic carbocycles. The molecular formula is C22H16. The van der Waals surface area contributed by atoms with E-state index in [1.54, 1.807) is 0 Å². The second kappa shape index (κ2) is 4.45. The number of benzene rings is 3. The molecule has 0 N–H and O–H groups in total. The highest BCUT2D eigenvalue weighted by Crippen LogP contribution is 2.48. The molecule has 0 bridgehead atoms. The quantitative estimate of drug-likeness (QED) is 0.437. The summed E-state index contributed by atoms with van der Waals surface area (Å²) in [6.07, 6.45) is 5.59. The Morgan fingerprint density at radius 3 is 2.14 bits per heavy atom. The van der Waals surface area contributed by atoms with Gasteiger partial charge in [-0.1, -0.05) is 78.9 Å². The average Bonchev–Trinajstić information content (AvgIpc) is 3.16. The van der Waals surface area contributed by atoms with Crippen molar-refractivity contribution in [1.82, 2.24) is 0 Å². The molecule has 0 unspecified atom stereocenters. The Hall–Kier alpha value is -2.60. The number of hydrogen-bond donors (Lipinski definition) is 0. The third-order valence-corrected chi connectivity index (χ3v) is 4.97. The van der Waals surface area contributed by atoms with Crippen molar-refractivity contribution in [3.05, 3.63) is 101 Å². The van der Waals surface area contributed by atoms with Crippen molar-refractivity contribution in [3.63, 3.8) is 0 Å². The molecule has 0 heterocycles. The Morgan fingerprint density at radius 2 is 1.41 bits per heavy atom. The van der Waals surface area contributed by atoms with Crippen molar-refractivity contribution in [3.8, 4) is 11.1 Å². The molecule has 0 radical (unpaired) electrons. The average molecular weight is 280 g/mol. The molecule has 0 aromatic heterocycles. The third kappa shape index (κ3) is 1.58. The molecule has 0 fully saturated rings. The van der Waals surface area contributed by atoms with Crippen molar-refractivity contribution >= 4 is 6.08 Å². The molecule has 3 aromatic rings. The first-order valence-electron chi connectivity index (χ1n) is 7.89. The molecule has 2 aliphatic rings. The molecule has 0 aliphatic heterocycles. The highest BCUT2D eigenvalue weighted by molar-refractivity contribution is 5.81. The minimum Gasteiger partial charge on any atom is -0.0795 e. The zero-order chi connectivity index (χ0) is 14.5. The first kappa shape index (κ1) is 12.0. The van der Waals surface area contributed by atoms with Crippen molar-refractivity contribution in [2.45, 2.75) is 12.3 Å². The van der Waals surface area contributed by atoms with Gasteiger partial charge in [0.1, 0.15) is 0 Å². The molecule has 5 rings (SSSR count). The van der Waals surface area contributed by atoms with Crippen LogP contribution in [0.5, 0.6) is 0 Å². The van der Waals surface area contributed by atoms with Crippen LogP contribution >= 0.6 is 0 Å². The van der Waals surface area contributed by atoms with E-state index in [4.69, 9.17) is 0 Å². The van der Waals surface area contributed by atoms with Gasteiger partial charge in [0.25, 0.3) is 0 Å². The Kier molecular flexibility index (Phi) is 2.42. The second-order valence-electron chi connectivity index (χ2n) is 6.17. The zero-order valence-electron chi connectivity index (χ0n) is 12.3. The molecule has 0 heteroatoms. The Balaban J connectivity index is 1.76. The maximum absolute atomic E-state index is 2.38. The molecule has 0 spiro atoms. The Morgan fingerprint density at radius 1 is 0.727 bits per heavy atom. The monoisotopic (exact) mass is 280 g/mol. The summed E-state index contributed by atoms with van der Waals surface area (Å²) in [5.74, 6) is 0.367. The fourth-order valence-electron chi connectivity index (χ4n) is 3.96. The van der Waals surface area contributed by atoms with Crippen LogP contribution in [0, 0.1) is 0 Å². The van der Waals surface area contributed by atoms with Crippen LogP contribution in [-0.2, 0) is 6.42 Å². The topological polar surface area (TPSA) is 0 Å². The van der Waals surface area contributed by atoms with E-state index >= 15 is 0 Å². The number of allylic oxidation sites excluding steroid dienone is 1. The molecular weight excluding hydrogens is 264 g/mol. The van der Waals surface area contributed by atoms with Gasteiger partial charge in [-0.05, 0) is 45.4 Å². The summed E-state index contributed by atoms with van der Waals surface area (Å²) in [5.41, 5.74) is 9.89. The lowest BCUT2D eigenvalue weighted by atomic mass is 9.88. The van der Waals surface area contributed by atoms with E-state index in [0.29, 0.717) is 5.92 Å². The third-order valence-electron chi connectivity index (χ3n) is 4.97. The summed E-state index contributed by atoms with van der Waals surface area (Å²) in [7, 11) is 0. The predicted molar refractivity (Wildman–Crippen MR) is 92.0 cm³/mol. The van der Waals surface area contributed by atoms with E-state index in [2.05, 4.69) is 78.9 Å². The van der Waals surface area contributed by atoms with Crippen LogP contribution in [0.3, 0.4) is 0 Å². The lowest BCUT2D eigenvalue weighted by Gasteiger charge is -2.15. The van der Waals surface area contributed by atoms with Gasteiger partial charge in [-0.2, -0.15) is 0 Å². The lowest BCUT2D eigenvalue weighted by molar-refractivity contribution is 1.01. The summed E-state index contributed by atoms with van der Waals surface area (Å²) < 4.78 is 0. The van der Waals surface area contributed by atoms with Crippen molar-refractivity contribution in [2.24, 2.45) is 0 Å². The molecule has 0 nitrogen and oxygen atoms in total. The summed E-state index contributed by atoms with van der Waals surface area (Å²) in [5, 5.41) is 0. The fraction of sp³-hybridized carbons (Fsp3) is 0.0909. The van der Waals surface area contributed by atoms with E-state index in [1.165, 1.54) is 38.9 Å². The van der Waals surface area contributed by atoms with Gasteiger partial charge in [0.15, 0.2) is 0 Å². The van der Waals surface area contributed by atoms with Crippen molar-refractivity contribution in [1.29, 1.82) is 0 Å². The molecule has 0 saturated carbocycles. The van der Waals surface area contributed by atoms with Gasteiger partial charge in [-0.15, -0.1) is 0 Å². The van der Waals surface area contributed by atoms with Crippen molar-refractivity contribution in [2.75, 3.05) is 0 Å². The first-order chi connectivity index (χ1) is 10.9. The number of hydrogen-bond acceptors (Lipinski definition) is 0. The van der Waals surface area contributed by atoms with Crippen LogP contribution < -0.4 is 0 Å². The Labute approximate surface area is 130 Å². The maximum atomic E-state index is 2.38. The van der Waals surface area contributed by atoms with Gasteiger partial charge in [0.05, 0.1) is 0 Å². The second-order valence-corrected chi connectivity index (χ2v) is 6.17. The predicted octanol–water partition coefficient (Wildman–Crippen LogP) is 5.42. The minimum atomic E-state index is 0.367. The number of fused-ring (bicyclic) bond motifs is 4. The highest BCUT2D eigenvalue weighted by atomic mass is 14.3. The fourth-order valence-corrected chi connectivity index (χ4v) is 3.96. The van der Waals surface area contributed by atoms with Gasteiger partial charge in [-0.25, -0.2) is 0 Å². The van der Waals surface area contributed by atoms with Crippen LogP contribution in [0.4, 0.5) is 0 Å². The van der Waals surface area contributed by atoms with Crippen LogP contribution in [0.25, 0.3) is 17.2 Å². The summed E-state index contributed by atoms with van der Waals surface area (Å²) in [6.45, 7) is 0. The molecule has 0 amide bonds. The van der Waals surface area contributed by atoms with E-state index in [9.17, 15) is 0 Å². The normalized spacial score (nSPS) is 14.7. The summed E-state index contributed by atoms with van der Waals surface area (Å²) >= 11 is 0. The van der Waals surface area contributed by atoms with Gasteiger partial charge in [0, 0.05) is 5.92 Å². The van der Waals surface area contributed by atoms with E-state index in [0.717, 1.165) is 6.42 Å². The van der Waals surface area contributed by atoms with Crippen LogP contribution in [0.1, 0.15) is 33.7 Å². The molecule has 0 saturated heterocycles. The Bertz CT molecular complexity index is 869. The molecule has 22 heavy (non-hydrogen) atoms. The highest BCUT2D eigenvalue weighted by Gasteiger charge is 2.29. The van der Waals surface area contributed by atoms with E-state index in [1.807, 2.05) is 0 Å². The zero-order valence-corrected chi connectivity index (χ0v) is 12.3. The van der Waals surface area contributed by atoms with E-state index in [-0.39, 0.29) is 0 Å².